The van der Waals surface area contributed by atoms with Crippen molar-refractivity contribution in [3.05, 3.63) is 59.9 Å². The molecule has 0 N–H and O–H groups in total. The second kappa shape index (κ2) is 12.3. The van der Waals surface area contributed by atoms with Gasteiger partial charge in [-0.15, -0.1) is 0 Å². The molecule has 0 spiro atoms. The van der Waals surface area contributed by atoms with E-state index in [2.05, 4.69) is 11.8 Å². The summed E-state index contributed by atoms with van der Waals surface area (Å²) in [6.07, 6.45) is 4.89. The third-order valence-corrected chi connectivity index (χ3v) is 7.48. The van der Waals surface area contributed by atoms with E-state index in [9.17, 15) is 14.0 Å². The first-order chi connectivity index (χ1) is 17.5. The number of halogens is 1. The van der Waals surface area contributed by atoms with Crippen LogP contribution in [-0.2, 0) is 16.1 Å². The predicted molar refractivity (Wildman–Crippen MR) is 139 cm³/mol. The zero-order chi connectivity index (χ0) is 25.5. The van der Waals surface area contributed by atoms with Gasteiger partial charge in [-0.2, -0.15) is 0 Å². The first-order valence-corrected chi connectivity index (χ1v) is 13.3. The van der Waals surface area contributed by atoms with Crippen molar-refractivity contribution in [1.82, 2.24) is 9.80 Å². The summed E-state index contributed by atoms with van der Waals surface area (Å²) in [5.74, 6) is 0.178. The summed E-state index contributed by atoms with van der Waals surface area (Å²) in [5, 5.41) is 0. The van der Waals surface area contributed by atoms with E-state index in [1.54, 1.807) is 12.1 Å². The van der Waals surface area contributed by atoms with Gasteiger partial charge in [0.2, 0.25) is 11.8 Å². The number of fused-ring (bicyclic) bond motifs is 3. The molecule has 6 nitrogen and oxygen atoms in total. The molecular weight excluding hydrogens is 457 g/mol. The quantitative estimate of drug-likeness (QED) is 0.565. The van der Waals surface area contributed by atoms with Gasteiger partial charge in [-0.1, -0.05) is 44.5 Å². The summed E-state index contributed by atoms with van der Waals surface area (Å²) in [6, 6.07) is 14.6. The number of anilines is 1. The maximum atomic E-state index is 13.5. The maximum absolute atomic E-state index is 13.5. The van der Waals surface area contributed by atoms with Crippen LogP contribution in [0.15, 0.2) is 48.5 Å². The van der Waals surface area contributed by atoms with Crippen molar-refractivity contribution in [2.75, 3.05) is 31.1 Å². The normalized spacial score (nSPS) is 20.9. The molecule has 2 aliphatic heterocycles. The fourth-order valence-corrected chi connectivity index (χ4v) is 5.68. The number of carbonyl (C=O) groups excluding carboxylic acids is 2. The molecule has 4 rings (SSSR count). The number of carbonyl (C=O) groups is 2. The van der Waals surface area contributed by atoms with Crippen LogP contribution in [0.5, 0.6) is 5.75 Å². The number of benzene rings is 2. The second-order valence-corrected chi connectivity index (χ2v) is 9.72. The van der Waals surface area contributed by atoms with E-state index < -0.39 is 0 Å². The van der Waals surface area contributed by atoms with E-state index in [4.69, 9.17) is 4.74 Å². The first-order valence-electron chi connectivity index (χ1n) is 13.3. The highest BCUT2D eigenvalue weighted by atomic mass is 19.1. The van der Waals surface area contributed by atoms with E-state index in [0.717, 1.165) is 43.5 Å². The number of rotatable bonds is 6. The number of amides is 2. The minimum atomic E-state index is -0.361. The van der Waals surface area contributed by atoms with E-state index in [0.29, 0.717) is 43.9 Å². The Morgan fingerprint density at radius 1 is 1.00 bits per heavy atom. The smallest absolute Gasteiger partial charge is 0.226 e. The minimum absolute atomic E-state index is 0.00648. The fourth-order valence-electron chi connectivity index (χ4n) is 5.68. The molecule has 2 aromatic carbocycles. The topological polar surface area (TPSA) is 53.1 Å². The van der Waals surface area contributed by atoms with Crippen LogP contribution in [0, 0.1) is 5.82 Å². The summed E-state index contributed by atoms with van der Waals surface area (Å²) in [6.45, 7) is 6.99. The van der Waals surface area contributed by atoms with E-state index >= 15 is 0 Å². The minimum Gasteiger partial charge on any atom is -0.493 e. The van der Waals surface area contributed by atoms with Crippen LogP contribution in [0.2, 0.25) is 0 Å². The number of piperidine rings is 1. The number of nitrogens with zero attached hydrogens (tertiary/aromatic N) is 3. The number of para-hydroxylation sites is 1. The molecule has 194 valence electrons. The summed E-state index contributed by atoms with van der Waals surface area (Å²) < 4.78 is 19.2. The van der Waals surface area contributed by atoms with E-state index in [-0.39, 0.29) is 30.7 Å². The standard InChI is InChI=1S/C29H38FN3O3/c1-3-28(34)33-17-15-24-11-8-12-25(32(24)4-2)21-31(20-22-9-5-6-14-27(22)33)29(35)16-18-36-26-13-7-10-23(30)19-26/h5-7,9-10,13-14,19,24-25H,3-4,8,11-12,15-18,20-21H2,1-2H3. The summed E-state index contributed by atoms with van der Waals surface area (Å²) in [5.41, 5.74) is 1.89. The van der Waals surface area contributed by atoms with Gasteiger partial charge in [-0.05, 0) is 49.6 Å². The Hall–Kier alpha value is -2.93. The molecule has 2 bridgehead atoms. The zero-order valence-electron chi connectivity index (χ0n) is 21.5. The lowest BCUT2D eigenvalue weighted by Crippen LogP contribution is -2.52. The molecule has 0 aromatic heterocycles. The van der Waals surface area contributed by atoms with Gasteiger partial charge in [0, 0.05) is 49.9 Å². The maximum Gasteiger partial charge on any atom is 0.226 e. The molecule has 2 heterocycles. The molecular formula is C29H38FN3O3. The number of ether oxygens (including phenoxy) is 1. The van der Waals surface area contributed by atoms with Crippen LogP contribution in [0.25, 0.3) is 0 Å². The Kier molecular flexibility index (Phi) is 8.97. The predicted octanol–water partition coefficient (Wildman–Crippen LogP) is 5.01. The third kappa shape index (κ3) is 6.25. The molecule has 0 radical (unpaired) electrons. The third-order valence-electron chi connectivity index (χ3n) is 7.48. The van der Waals surface area contributed by atoms with Crippen LogP contribution >= 0.6 is 0 Å². The Morgan fingerprint density at radius 2 is 1.81 bits per heavy atom. The average molecular weight is 496 g/mol. The van der Waals surface area contributed by atoms with Gasteiger partial charge in [-0.25, -0.2) is 4.39 Å². The van der Waals surface area contributed by atoms with Crippen molar-refractivity contribution >= 4 is 17.5 Å². The van der Waals surface area contributed by atoms with E-state index in [1.165, 1.54) is 12.1 Å². The van der Waals surface area contributed by atoms with Crippen molar-refractivity contribution in [2.45, 2.75) is 71.0 Å². The van der Waals surface area contributed by atoms with Crippen LogP contribution < -0.4 is 9.64 Å². The number of hydrogen-bond donors (Lipinski definition) is 0. The largest absolute Gasteiger partial charge is 0.493 e. The van der Waals surface area contributed by atoms with Crippen molar-refractivity contribution in [2.24, 2.45) is 0 Å². The SMILES string of the molecule is CCC(=O)N1CCC2CCCC(CN(C(=O)CCOc3cccc(F)c3)Cc3ccccc31)N2CC. The molecule has 2 unspecified atom stereocenters. The van der Waals surface area contributed by atoms with Crippen molar-refractivity contribution in [3.8, 4) is 5.75 Å². The molecule has 0 aliphatic carbocycles. The van der Waals surface area contributed by atoms with Gasteiger partial charge in [-0.3, -0.25) is 14.5 Å². The number of hydrogen-bond acceptors (Lipinski definition) is 4. The second-order valence-electron chi connectivity index (χ2n) is 9.72. The average Bonchev–Trinajstić information content (AvgIpc) is 2.89. The van der Waals surface area contributed by atoms with Crippen molar-refractivity contribution in [1.29, 1.82) is 0 Å². The van der Waals surface area contributed by atoms with Crippen LogP contribution in [0.4, 0.5) is 10.1 Å². The van der Waals surface area contributed by atoms with Gasteiger partial charge in [0.15, 0.2) is 0 Å². The molecule has 2 atom stereocenters. The van der Waals surface area contributed by atoms with E-state index in [1.807, 2.05) is 41.0 Å². The summed E-state index contributed by atoms with van der Waals surface area (Å²) >= 11 is 0. The summed E-state index contributed by atoms with van der Waals surface area (Å²) in [7, 11) is 0. The van der Waals surface area contributed by atoms with Gasteiger partial charge < -0.3 is 14.5 Å². The van der Waals surface area contributed by atoms with Gasteiger partial charge in [0.1, 0.15) is 11.6 Å². The van der Waals surface area contributed by atoms with Gasteiger partial charge >= 0.3 is 0 Å². The van der Waals surface area contributed by atoms with Crippen LogP contribution in [0.1, 0.15) is 57.9 Å². The molecule has 1 saturated heterocycles. The highest BCUT2D eigenvalue weighted by molar-refractivity contribution is 5.94. The first kappa shape index (κ1) is 26.1. The Balaban J connectivity index is 1.59. The van der Waals surface area contributed by atoms with Crippen molar-refractivity contribution < 1.29 is 18.7 Å². The highest BCUT2D eigenvalue weighted by Gasteiger charge is 2.33. The summed E-state index contributed by atoms with van der Waals surface area (Å²) in [4.78, 5) is 32.9. The molecule has 2 amide bonds. The fraction of sp³-hybridized carbons (Fsp3) is 0.517. The molecule has 7 heteroatoms. The molecule has 0 saturated carbocycles. The van der Waals surface area contributed by atoms with Crippen LogP contribution in [0.3, 0.4) is 0 Å². The molecule has 36 heavy (non-hydrogen) atoms. The Bertz CT molecular complexity index is 1050. The van der Waals surface area contributed by atoms with Gasteiger partial charge in [0.25, 0.3) is 0 Å². The molecule has 2 aliphatic rings. The van der Waals surface area contributed by atoms with Crippen molar-refractivity contribution in [3.63, 3.8) is 0 Å². The van der Waals surface area contributed by atoms with Crippen LogP contribution in [-0.4, -0.2) is 59.9 Å². The highest BCUT2D eigenvalue weighted by Crippen LogP contribution is 2.30. The Labute approximate surface area is 214 Å². The van der Waals surface area contributed by atoms with Gasteiger partial charge in [0.05, 0.1) is 13.0 Å². The monoisotopic (exact) mass is 495 g/mol. The molecule has 1 fully saturated rings. The lowest BCUT2D eigenvalue weighted by atomic mass is 9.93. The zero-order valence-corrected chi connectivity index (χ0v) is 21.5. The lowest BCUT2D eigenvalue weighted by molar-refractivity contribution is -0.133. The number of likely N-dealkylation sites (N-methyl/N-ethyl adjacent to an activating group) is 1. The lowest BCUT2D eigenvalue weighted by Gasteiger charge is -2.43. The Morgan fingerprint density at radius 3 is 2.58 bits per heavy atom. The molecule has 2 aromatic rings.